The number of rotatable bonds is 3. The van der Waals surface area contributed by atoms with Gasteiger partial charge in [-0.05, 0) is 6.07 Å². The summed E-state index contributed by atoms with van der Waals surface area (Å²) in [5, 5.41) is 19.8. The van der Waals surface area contributed by atoms with Crippen LogP contribution < -0.4 is 4.74 Å². The number of β-amino-alcohol motifs (C(OH)–C–C–N with tert-alkyl or cyclic N) is 1. The first kappa shape index (κ1) is 12.3. The molecule has 7 nitrogen and oxygen atoms in total. The molecular formula is C11H12N2O5. The Labute approximate surface area is 103 Å². The number of nitro groups is 1. The number of benzene rings is 1. The van der Waals surface area contributed by atoms with Crippen LogP contribution in [0.1, 0.15) is 10.4 Å². The van der Waals surface area contributed by atoms with E-state index in [0.717, 1.165) is 0 Å². The summed E-state index contributed by atoms with van der Waals surface area (Å²) in [6, 6.07) is 3.96. The topological polar surface area (TPSA) is 92.9 Å². The molecule has 1 aromatic rings. The quantitative estimate of drug-likeness (QED) is 0.621. The molecule has 18 heavy (non-hydrogen) atoms. The van der Waals surface area contributed by atoms with Crippen LogP contribution in [0, 0.1) is 10.1 Å². The van der Waals surface area contributed by atoms with Crippen LogP contribution in [0.5, 0.6) is 5.75 Å². The fourth-order valence-corrected chi connectivity index (χ4v) is 1.77. The molecule has 1 aliphatic rings. The van der Waals surface area contributed by atoms with Crippen molar-refractivity contribution in [2.24, 2.45) is 0 Å². The third-order valence-corrected chi connectivity index (χ3v) is 2.77. The molecular weight excluding hydrogens is 240 g/mol. The highest BCUT2D eigenvalue weighted by Crippen LogP contribution is 2.28. The molecule has 1 N–H and O–H groups in total. The van der Waals surface area contributed by atoms with Crippen molar-refractivity contribution in [3.05, 3.63) is 33.9 Å². The lowest BCUT2D eigenvalue weighted by atomic mass is 10.1. The Kier molecular flexibility index (Phi) is 3.15. The van der Waals surface area contributed by atoms with Gasteiger partial charge < -0.3 is 14.7 Å². The van der Waals surface area contributed by atoms with E-state index in [4.69, 9.17) is 9.84 Å². The van der Waals surface area contributed by atoms with Crippen molar-refractivity contribution in [3.63, 3.8) is 0 Å². The number of ether oxygens (including phenoxy) is 1. The summed E-state index contributed by atoms with van der Waals surface area (Å²) in [4.78, 5) is 23.5. The minimum absolute atomic E-state index is 0.0481. The number of likely N-dealkylation sites (tertiary alicyclic amines) is 1. The van der Waals surface area contributed by atoms with Gasteiger partial charge in [-0.2, -0.15) is 0 Å². The zero-order valence-corrected chi connectivity index (χ0v) is 9.70. The van der Waals surface area contributed by atoms with Crippen LogP contribution in [0.3, 0.4) is 0 Å². The number of nitro benzene ring substituents is 1. The molecule has 7 heteroatoms. The number of amides is 1. The predicted molar refractivity (Wildman–Crippen MR) is 61.6 cm³/mol. The second kappa shape index (κ2) is 4.61. The molecule has 0 aromatic heterocycles. The highest BCUT2D eigenvalue weighted by molar-refractivity contribution is 5.95. The number of hydrogen-bond acceptors (Lipinski definition) is 5. The SMILES string of the molecule is COc1cc(C(=O)N2CC(O)C2)ccc1[N+](=O)[O-]. The average Bonchev–Trinajstić information content (AvgIpc) is 2.33. The zero-order valence-electron chi connectivity index (χ0n) is 9.70. The summed E-state index contributed by atoms with van der Waals surface area (Å²) < 4.78 is 4.89. The van der Waals surface area contributed by atoms with Crippen molar-refractivity contribution in [1.29, 1.82) is 0 Å². The normalized spacial score (nSPS) is 15.1. The maximum atomic E-state index is 11.9. The third-order valence-electron chi connectivity index (χ3n) is 2.77. The Hall–Kier alpha value is -2.15. The average molecular weight is 252 g/mol. The first-order valence-corrected chi connectivity index (χ1v) is 5.32. The lowest BCUT2D eigenvalue weighted by Gasteiger charge is -2.35. The Morgan fingerprint density at radius 1 is 1.56 bits per heavy atom. The lowest BCUT2D eigenvalue weighted by molar-refractivity contribution is -0.385. The van der Waals surface area contributed by atoms with Crippen LogP contribution in [0.4, 0.5) is 5.69 Å². The molecule has 1 aromatic carbocycles. The Balaban J connectivity index is 2.24. The van der Waals surface area contributed by atoms with E-state index in [1.54, 1.807) is 0 Å². The highest BCUT2D eigenvalue weighted by atomic mass is 16.6. The smallest absolute Gasteiger partial charge is 0.310 e. The molecule has 1 aliphatic heterocycles. The van der Waals surface area contributed by atoms with Crippen LogP contribution in [0.2, 0.25) is 0 Å². The third kappa shape index (κ3) is 2.12. The van der Waals surface area contributed by atoms with Gasteiger partial charge in [0, 0.05) is 30.8 Å². The van der Waals surface area contributed by atoms with E-state index in [2.05, 4.69) is 0 Å². The van der Waals surface area contributed by atoms with E-state index in [-0.39, 0.29) is 30.4 Å². The molecule has 96 valence electrons. The molecule has 1 heterocycles. The first-order chi connectivity index (χ1) is 8.52. The summed E-state index contributed by atoms with van der Waals surface area (Å²) in [5.41, 5.74) is 0.127. The van der Waals surface area contributed by atoms with Crippen molar-refractivity contribution in [1.82, 2.24) is 4.90 Å². The fourth-order valence-electron chi connectivity index (χ4n) is 1.77. The summed E-state index contributed by atoms with van der Waals surface area (Å²) in [6.07, 6.45) is -0.478. The molecule has 0 unspecified atom stereocenters. The molecule has 0 spiro atoms. The van der Waals surface area contributed by atoms with Crippen LogP contribution >= 0.6 is 0 Å². The van der Waals surface area contributed by atoms with Gasteiger partial charge >= 0.3 is 5.69 Å². The fraction of sp³-hybridized carbons (Fsp3) is 0.364. The minimum atomic E-state index is -0.569. The Morgan fingerprint density at radius 2 is 2.22 bits per heavy atom. The number of methoxy groups -OCH3 is 1. The van der Waals surface area contributed by atoms with Gasteiger partial charge in [0.15, 0.2) is 5.75 Å². The molecule has 0 aliphatic carbocycles. The molecule has 1 saturated heterocycles. The van der Waals surface area contributed by atoms with Crippen molar-refractivity contribution < 1.29 is 19.6 Å². The zero-order chi connectivity index (χ0) is 13.3. The monoisotopic (exact) mass is 252 g/mol. The minimum Gasteiger partial charge on any atom is -0.490 e. The maximum absolute atomic E-state index is 11.9. The summed E-state index contributed by atoms with van der Waals surface area (Å²) in [7, 11) is 1.31. The first-order valence-electron chi connectivity index (χ1n) is 5.32. The number of aliphatic hydroxyl groups excluding tert-OH is 1. The summed E-state index contributed by atoms with van der Waals surface area (Å²) >= 11 is 0. The lowest BCUT2D eigenvalue weighted by Crippen LogP contribution is -2.53. The molecule has 2 rings (SSSR count). The van der Waals surface area contributed by atoms with Crippen LogP contribution in [0.15, 0.2) is 18.2 Å². The van der Waals surface area contributed by atoms with Gasteiger partial charge in [0.1, 0.15) is 0 Å². The van der Waals surface area contributed by atoms with E-state index in [1.807, 2.05) is 0 Å². The van der Waals surface area contributed by atoms with Crippen LogP contribution in [-0.4, -0.2) is 47.1 Å². The summed E-state index contributed by atoms with van der Waals surface area (Å²) in [6.45, 7) is 0.580. The molecule has 0 bridgehead atoms. The molecule has 0 saturated carbocycles. The van der Waals surface area contributed by atoms with Gasteiger partial charge in [-0.15, -0.1) is 0 Å². The second-order valence-electron chi connectivity index (χ2n) is 4.01. The summed E-state index contributed by atoms with van der Waals surface area (Å²) in [5.74, 6) is -0.222. The largest absolute Gasteiger partial charge is 0.490 e. The second-order valence-corrected chi connectivity index (χ2v) is 4.01. The van der Waals surface area contributed by atoms with E-state index >= 15 is 0 Å². The van der Waals surface area contributed by atoms with Gasteiger partial charge in [-0.3, -0.25) is 14.9 Å². The Bertz CT molecular complexity index is 496. The number of carbonyl (C=O) groups excluding carboxylic acids is 1. The van der Waals surface area contributed by atoms with E-state index in [1.165, 1.54) is 30.2 Å². The van der Waals surface area contributed by atoms with E-state index < -0.39 is 11.0 Å². The molecule has 0 atom stereocenters. The number of carbonyl (C=O) groups is 1. The molecule has 0 radical (unpaired) electrons. The van der Waals surface area contributed by atoms with Gasteiger partial charge in [-0.25, -0.2) is 0 Å². The Morgan fingerprint density at radius 3 is 2.72 bits per heavy atom. The van der Waals surface area contributed by atoms with Gasteiger partial charge in [0.25, 0.3) is 5.91 Å². The number of hydrogen-bond donors (Lipinski definition) is 1. The van der Waals surface area contributed by atoms with Crippen molar-refractivity contribution in [2.45, 2.75) is 6.10 Å². The van der Waals surface area contributed by atoms with Crippen LogP contribution in [-0.2, 0) is 0 Å². The van der Waals surface area contributed by atoms with E-state index in [0.29, 0.717) is 5.56 Å². The predicted octanol–water partition coefficient (Wildman–Crippen LogP) is 0.420. The highest BCUT2D eigenvalue weighted by Gasteiger charge is 2.30. The van der Waals surface area contributed by atoms with Gasteiger partial charge in [0.05, 0.1) is 18.1 Å². The van der Waals surface area contributed by atoms with Gasteiger partial charge in [-0.1, -0.05) is 0 Å². The molecule has 1 fully saturated rings. The standard InChI is InChI=1S/C11H12N2O5/c1-18-10-4-7(2-3-9(10)13(16)17)11(15)12-5-8(14)6-12/h2-4,8,14H,5-6H2,1H3. The van der Waals surface area contributed by atoms with Gasteiger partial charge in [0.2, 0.25) is 0 Å². The number of nitrogens with zero attached hydrogens (tertiary/aromatic N) is 2. The van der Waals surface area contributed by atoms with Crippen molar-refractivity contribution in [2.75, 3.05) is 20.2 Å². The van der Waals surface area contributed by atoms with Crippen molar-refractivity contribution >= 4 is 11.6 Å². The maximum Gasteiger partial charge on any atom is 0.310 e. The molecule has 1 amide bonds. The van der Waals surface area contributed by atoms with Crippen molar-refractivity contribution in [3.8, 4) is 5.75 Å². The number of aliphatic hydroxyl groups is 1. The van der Waals surface area contributed by atoms with Crippen LogP contribution in [0.25, 0.3) is 0 Å². The van der Waals surface area contributed by atoms with E-state index in [9.17, 15) is 14.9 Å².